The van der Waals surface area contributed by atoms with Crippen molar-refractivity contribution in [1.29, 1.82) is 0 Å². The summed E-state index contributed by atoms with van der Waals surface area (Å²) in [5, 5.41) is 10.9. The average Bonchev–Trinajstić information content (AvgIpc) is 2.80. The van der Waals surface area contributed by atoms with E-state index in [1.807, 2.05) is 30.3 Å². The number of rotatable bonds is 5. The van der Waals surface area contributed by atoms with Gasteiger partial charge in [0.15, 0.2) is 11.6 Å². The van der Waals surface area contributed by atoms with Gasteiger partial charge >= 0.3 is 0 Å². The fourth-order valence-corrected chi connectivity index (χ4v) is 6.62. The van der Waals surface area contributed by atoms with Crippen LogP contribution in [-0.2, 0) is 25.9 Å². The predicted molar refractivity (Wildman–Crippen MR) is 129 cm³/mol. The molecule has 0 unspecified atom stereocenters. The van der Waals surface area contributed by atoms with E-state index in [2.05, 4.69) is 4.36 Å². The third kappa shape index (κ3) is 5.31. The number of ketones is 2. The van der Waals surface area contributed by atoms with Crippen LogP contribution in [0.15, 0.2) is 52.4 Å². The molecule has 0 bridgehead atoms. The minimum absolute atomic E-state index is 0.0185. The van der Waals surface area contributed by atoms with E-state index in [1.165, 1.54) is 6.07 Å². The van der Waals surface area contributed by atoms with Crippen LogP contribution < -0.4 is 4.74 Å². The minimum Gasteiger partial charge on any atom is -0.506 e. The summed E-state index contributed by atoms with van der Waals surface area (Å²) in [6.07, 6.45) is 3.51. The SMILES string of the molecule is O=C1CCCC(=O)C1=C(O)c1ccc(OCc2ccccc2)c(N=S2(=O)CCCCC2)c1Cl. The molecule has 4 rings (SSSR count). The van der Waals surface area contributed by atoms with E-state index in [1.54, 1.807) is 6.07 Å². The van der Waals surface area contributed by atoms with Gasteiger partial charge in [0, 0.05) is 29.9 Å². The van der Waals surface area contributed by atoms with Gasteiger partial charge in [0.2, 0.25) is 0 Å². The number of Topliss-reactive ketones (excluding diaryl/α,β-unsaturated/α-hetero) is 2. The van der Waals surface area contributed by atoms with E-state index in [9.17, 15) is 18.9 Å². The molecule has 1 aliphatic carbocycles. The summed E-state index contributed by atoms with van der Waals surface area (Å²) in [4.78, 5) is 24.7. The van der Waals surface area contributed by atoms with Gasteiger partial charge in [0.25, 0.3) is 0 Å². The second-order valence-electron chi connectivity index (χ2n) is 8.30. The molecule has 1 aliphatic heterocycles. The summed E-state index contributed by atoms with van der Waals surface area (Å²) < 4.78 is 23.9. The molecule has 1 heterocycles. The van der Waals surface area contributed by atoms with E-state index in [-0.39, 0.29) is 41.3 Å². The Balaban J connectivity index is 1.80. The van der Waals surface area contributed by atoms with E-state index in [0.29, 0.717) is 23.7 Å². The molecular weight excluding hydrogens is 462 g/mol. The standard InChI is InChI=1S/C25H26ClNO5S/c26-23-18(25(30)22-19(28)10-7-11-20(22)29)12-13-21(32-16-17-8-3-1-4-9-17)24(23)27-33(31)14-5-2-6-15-33/h1,3-4,8-9,12-13,30H,2,5-7,10-11,14-16H2. The largest absolute Gasteiger partial charge is 0.506 e. The van der Waals surface area contributed by atoms with Crippen LogP contribution in [0.1, 0.15) is 49.7 Å². The maximum atomic E-state index is 13.4. The van der Waals surface area contributed by atoms with Gasteiger partial charge in [-0.05, 0) is 37.0 Å². The minimum atomic E-state index is -2.53. The first-order valence-electron chi connectivity index (χ1n) is 11.1. The normalized spacial score (nSPS) is 18.2. The highest BCUT2D eigenvalue weighted by molar-refractivity contribution is 7.93. The fourth-order valence-electron chi connectivity index (χ4n) is 4.07. The molecule has 0 aromatic heterocycles. The Labute approximate surface area is 198 Å². The number of aliphatic hydroxyl groups is 1. The van der Waals surface area contributed by atoms with E-state index in [4.69, 9.17) is 16.3 Å². The maximum Gasteiger partial charge on any atom is 0.170 e. The van der Waals surface area contributed by atoms with Crippen molar-refractivity contribution >= 4 is 44.3 Å². The van der Waals surface area contributed by atoms with Crippen LogP contribution in [0.2, 0.25) is 5.02 Å². The third-order valence-electron chi connectivity index (χ3n) is 5.86. The van der Waals surface area contributed by atoms with Gasteiger partial charge < -0.3 is 9.84 Å². The molecule has 8 heteroatoms. The Kier molecular flexibility index (Phi) is 7.20. The first kappa shape index (κ1) is 23.5. The smallest absolute Gasteiger partial charge is 0.170 e. The van der Waals surface area contributed by atoms with Crippen LogP contribution in [0.3, 0.4) is 0 Å². The Morgan fingerprint density at radius 2 is 1.64 bits per heavy atom. The maximum absolute atomic E-state index is 13.4. The molecule has 1 saturated carbocycles. The third-order valence-corrected chi connectivity index (χ3v) is 8.61. The predicted octanol–water partition coefficient (Wildman–Crippen LogP) is 5.79. The van der Waals surface area contributed by atoms with Crippen molar-refractivity contribution < 1.29 is 23.6 Å². The lowest BCUT2D eigenvalue weighted by Crippen LogP contribution is -2.20. The van der Waals surface area contributed by atoms with Crippen molar-refractivity contribution in [2.75, 3.05) is 11.5 Å². The van der Waals surface area contributed by atoms with Crippen LogP contribution in [-0.4, -0.2) is 32.4 Å². The number of hydrogen-bond acceptors (Lipinski definition) is 6. The topological polar surface area (TPSA) is 93.0 Å². The summed E-state index contributed by atoms with van der Waals surface area (Å²) in [6, 6.07) is 12.7. The fraction of sp³-hybridized carbons (Fsp3) is 0.360. The van der Waals surface area contributed by atoms with Gasteiger partial charge in [0.1, 0.15) is 29.4 Å². The molecule has 0 spiro atoms. The van der Waals surface area contributed by atoms with Crippen molar-refractivity contribution in [1.82, 2.24) is 0 Å². The quantitative estimate of drug-likeness (QED) is 0.327. The van der Waals surface area contributed by atoms with E-state index >= 15 is 0 Å². The summed E-state index contributed by atoms with van der Waals surface area (Å²) in [6.45, 7) is 0.254. The molecular formula is C25H26ClNO5S. The van der Waals surface area contributed by atoms with E-state index in [0.717, 1.165) is 24.8 Å². The summed E-state index contributed by atoms with van der Waals surface area (Å²) >= 11 is 6.67. The van der Waals surface area contributed by atoms with Crippen LogP contribution in [0, 0.1) is 0 Å². The highest BCUT2D eigenvalue weighted by Crippen LogP contribution is 2.42. The Hall–Kier alpha value is -2.64. The van der Waals surface area contributed by atoms with Gasteiger partial charge in [0.05, 0.1) is 14.8 Å². The van der Waals surface area contributed by atoms with Crippen molar-refractivity contribution in [3.05, 3.63) is 64.2 Å². The lowest BCUT2D eigenvalue weighted by Gasteiger charge is -2.19. The second kappa shape index (κ2) is 10.1. The molecule has 2 fully saturated rings. The van der Waals surface area contributed by atoms with Crippen molar-refractivity contribution in [2.45, 2.75) is 45.1 Å². The Bertz CT molecular complexity index is 1200. The number of carbonyl (C=O) groups is 2. The number of ether oxygens (including phenoxy) is 1. The van der Waals surface area contributed by atoms with Crippen molar-refractivity contribution in [3.8, 4) is 5.75 Å². The zero-order valence-corrected chi connectivity index (χ0v) is 19.8. The number of aliphatic hydroxyl groups excluding tert-OH is 1. The summed E-state index contributed by atoms with van der Waals surface area (Å²) in [7, 11) is -2.53. The van der Waals surface area contributed by atoms with Crippen LogP contribution in [0.4, 0.5) is 5.69 Å². The Morgan fingerprint density at radius 1 is 0.970 bits per heavy atom. The van der Waals surface area contributed by atoms with Crippen LogP contribution in [0.5, 0.6) is 5.75 Å². The molecule has 6 nitrogen and oxygen atoms in total. The van der Waals surface area contributed by atoms with Gasteiger partial charge in [-0.25, -0.2) is 4.21 Å². The van der Waals surface area contributed by atoms with Crippen LogP contribution in [0.25, 0.3) is 5.76 Å². The summed E-state index contributed by atoms with van der Waals surface area (Å²) in [5.74, 6) is 0.00649. The molecule has 0 atom stereocenters. The highest BCUT2D eigenvalue weighted by atomic mass is 35.5. The molecule has 2 aromatic rings. The lowest BCUT2D eigenvalue weighted by atomic mass is 9.89. The zero-order valence-electron chi connectivity index (χ0n) is 18.2. The second-order valence-corrected chi connectivity index (χ2v) is 11.2. The number of hydrogen-bond donors (Lipinski definition) is 1. The van der Waals surface area contributed by atoms with Gasteiger partial charge in [-0.1, -0.05) is 48.4 Å². The average molecular weight is 488 g/mol. The molecule has 2 aromatic carbocycles. The number of allylic oxidation sites excluding steroid dienone is 1. The number of carbonyl (C=O) groups excluding carboxylic acids is 2. The zero-order chi connectivity index (χ0) is 23.4. The first-order chi connectivity index (χ1) is 15.9. The molecule has 0 radical (unpaired) electrons. The van der Waals surface area contributed by atoms with Crippen molar-refractivity contribution in [3.63, 3.8) is 0 Å². The molecule has 2 aliphatic rings. The van der Waals surface area contributed by atoms with Crippen molar-refractivity contribution in [2.24, 2.45) is 4.36 Å². The molecule has 1 N–H and O–H groups in total. The highest BCUT2D eigenvalue weighted by Gasteiger charge is 2.29. The first-order valence-corrected chi connectivity index (χ1v) is 13.3. The van der Waals surface area contributed by atoms with Gasteiger partial charge in [-0.2, -0.15) is 4.36 Å². The van der Waals surface area contributed by atoms with Gasteiger partial charge in [-0.15, -0.1) is 0 Å². The molecule has 33 heavy (non-hydrogen) atoms. The molecule has 0 amide bonds. The monoisotopic (exact) mass is 487 g/mol. The Morgan fingerprint density at radius 3 is 2.30 bits per heavy atom. The molecule has 1 saturated heterocycles. The summed E-state index contributed by atoms with van der Waals surface area (Å²) in [5.41, 5.74) is 1.00. The lowest BCUT2D eigenvalue weighted by molar-refractivity contribution is -0.123. The number of benzene rings is 2. The van der Waals surface area contributed by atoms with Gasteiger partial charge in [-0.3, -0.25) is 9.59 Å². The number of halogens is 1. The van der Waals surface area contributed by atoms with E-state index < -0.39 is 27.1 Å². The molecule has 174 valence electrons. The van der Waals surface area contributed by atoms with Crippen LogP contribution >= 0.6 is 11.6 Å². The number of nitrogens with zero attached hydrogens (tertiary/aromatic N) is 1.